The molecular formula is C6H2ClN7O4. The van der Waals surface area contributed by atoms with Crippen LogP contribution in [0.2, 0.25) is 5.15 Å². The molecule has 0 amide bonds. The van der Waals surface area contributed by atoms with E-state index in [1.165, 1.54) is 0 Å². The normalized spacial score (nSPS) is 11.2. The summed E-state index contributed by atoms with van der Waals surface area (Å²) in [6.45, 7) is 0. The Balaban J connectivity index is 2.32. The van der Waals surface area contributed by atoms with Crippen molar-refractivity contribution in [3.63, 3.8) is 0 Å². The fourth-order valence-corrected chi connectivity index (χ4v) is 1.62. The maximum absolute atomic E-state index is 10.7. The van der Waals surface area contributed by atoms with Crippen molar-refractivity contribution in [1.82, 2.24) is 24.9 Å². The van der Waals surface area contributed by atoms with E-state index in [0.717, 1.165) is 4.40 Å². The number of aromatic nitrogens is 5. The third-order valence-corrected chi connectivity index (χ3v) is 2.44. The second kappa shape index (κ2) is 3.40. The van der Waals surface area contributed by atoms with Gasteiger partial charge in [0.05, 0.1) is 0 Å². The minimum Gasteiger partial charge on any atom is -0.379 e. The Bertz CT molecular complexity index is 757. The smallest absolute Gasteiger partial charge is 0.379 e. The lowest BCUT2D eigenvalue weighted by Gasteiger charge is -1.91. The Hall–Kier alpha value is -2.69. The van der Waals surface area contributed by atoms with Crippen LogP contribution in [0.5, 0.6) is 0 Å². The first-order valence-corrected chi connectivity index (χ1v) is 4.74. The van der Waals surface area contributed by atoms with E-state index in [1.807, 2.05) is 0 Å². The summed E-state index contributed by atoms with van der Waals surface area (Å²) >= 11 is 5.81. The highest BCUT2D eigenvalue weighted by Gasteiger charge is 2.30. The van der Waals surface area contributed by atoms with Crippen LogP contribution in [0.15, 0.2) is 9.15 Å². The van der Waals surface area contributed by atoms with E-state index in [0.29, 0.717) is 0 Å². The van der Waals surface area contributed by atoms with Crippen molar-refractivity contribution < 1.29 is 14.1 Å². The number of fused-ring (bicyclic) bond motifs is 1. The highest BCUT2D eigenvalue weighted by molar-refractivity contribution is 6.31. The average Bonchev–Trinajstić information content (AvgIpc) is 2.96. The van der Waals surface area contributed by atoms with Gasteiger partial charge in [-0.05, 0) is 15.2 Å². The zero-order chi connectivity index (χ0) is 12.9. The second-order valence-electron chi connectivity index (χ2n) is 3.11. The van der Waals surface area contributed by atoms with Crippen molar-refractivity contribution in [2.45, 2.75) is 0 Å². The maximum Gasteiger partial charge on any atom is 0.448 e. The summed E-state index contributed by atoms with van der Waals surface area (Å²) in [5.74, 6) is -0.773. The van der Waals surface area contributed by atoms with Crippen LogP contribution in [0.4, 0.5) is 11.6 Å². The van der Waals surface area contributed by atoms with Crippen LogP contribution < -0.4 is 5.73 Å². The number of hydrogen-bond donors (Lipinski definition) is 1. The Morgan fingerprint density at radius 2 is 2.17 bits per heavy atom. The zero-order valence-corrected chi connectivity index (χ0v) is 9.03. The van der Waals surface area contributed by atoms with Gasteiger partial charge in [-0.25, -0.2) is 4.63 Å². The van der Waals surface area contributed by atoms with Crippen molar-refractivity contribution in [2.75, 3.05) is 5.73 Å². The van der Waals surface area contributed by atoms with Gasteiger partial charge in [-0.15, -0.1) is 0 Å². The molecule has 3 heterocycles. The topological polar surface area (TPSA) is 151 Å². The molecule has 2 N–H and O–H groups in total. The first kappa shape index (κ1) is 10.5. The summed E-state index contributed by atoms with van der Waals surface area (Å²) in [5, 5.41) is 20.8. The highest BCUT2D eigenvalue weighted by Crippen LogP contribution is 2.30. The van der Waals surface area contributed by atoms with E-state index in [4.69, 9.17) is 21.9 Å². The van der Waals surface area contributed by atoms with E-state index >= 15 is 0 Å². The monoisotopic (exact) mass is 271 g/mol. The predicted molar refractivity (Wildman–Crippen MR) is 54.6 cm³/mol. The van der Waals surface area contributed by atoms with Crippen LogP contribution in [0.1, 0.15) is 0 Å². The molecule has 3 rings (SSSR count). The van der Waals surface area contributed by atoms with Gasteiger partial charge < -0.3 is 15.8 Å². The molecule has 0 spiro atoms. The van der Waals surface area contributed by atoms with Gasteiger partial charge in [-0.1, -0.05) is 16.8 Å². The number of nitro groups is 1. The maximum atomic E-state index is 10.7. The number of nitrogen functional groups attached to an aromatic ring is 1. The van der Waals surface area contributed by atoms with Gasteiger partial charge in [0.25, 0.3) is 0 Å². The number of nitrogens with zero attached hydrogens (tertiary/aromatic N) is 6. The molecule has 18 heavy (non-hydrogen) atoms. The van der Waals surface area contributed by atoms with Gasteiger partial charge in [0.1, 0.15) is 0 Å². The highest BCUT2D eigenvalue weighted by atomic mass is 35.5. The Kier molecular flexibility index (Phi) is 1.98. The molecule has 0 saturated heterocycles. The third-order valence-electron chi connectivity index (χ3n) is 2.10. The molecule has 0 atom stereocenters. The summed E-state index contributed by atoms with van der Waals surface area (Å²) < 4.78 is 10.3. The van der Waals surface area contributed by atoms with E-state index < -0.39 is 10.7 Å². The van der Waals surface area contributed by atoms with Crippen molar-refractivity contribution in [2.24, 2.45) is 0 Å². The fraction of sp³-hybridized carbons (Fsp3) is 0. The lowest BCUT2D eigenvalue weighted by Crippen LogP contribution is -1.94. The van der Waals surface area contributed by atoms with E-state index in [2.05, 4.69) is 25.1 Å². The van der Waals surface area contributed by atoms with Crippen LogP contribution in [0.25, 0.3) is 17.4 Å². The number of anilines is 1. The molecule has 3 aromatic heterocycles. The first-order valence-electron chi connectivity index (χ1n) is 4.36. The number of rotatable bonds is 2. The first-order chi connectivity index (χ1) is 8.59. The second-order valence-corrected chi connectivity index (χ2v) is 3.46. The Morgan fingerprint density at radius 1 is 1.39 bits per heavy atom. The van der Waals surface area contributed by atoms with E-state index in [9.17, 15) is 10.1 Å². The number of imidazole rings is 1. The molecule has 0 saturated carbocycles. The molecule has 12 heteroatoms. The molecule has 0 aliphatic heterocycles. The standard InChI is InChI=1S/C6H2ClN7O4/c7-2-5(14(15)16)9-6-13(2)4(12-17-6)1-3(8)11-18-10-1/h(H2,8,11). The van der Waals surface area contributed by atoms with Crippen LogP contribution >= 0.6 is 11.6 Å². The van der Waals surface area contributed by atoms with Crippen LogP contribution in [-0.2, 0) is 0 Å². The summed E-state index contributed by atoms with van der Waals surface area (Å²) in [7, 11) is 0. The molecule has 0 unspecified atom stereocenters. The summed E-state index contributed by atoms with van der Waals surface area (Å²) in [4.78, 5) is 13.5. The predicted octanol–water partition coefficient (Wildman–Crippen LogP) is 0.516. The summed E-state index contributed by atoms with van der Waals surface area (Å²) in [6, 6.07) is 0. The minimum atomic E-state index is -0.751. The number of hydrogen-bond acceptors (Lipinski definition) is 9. The minimum absolute atomic E-state index is 0.00866. The Morgan fingerprint density at radius 3 is 2.78 bits per heavy atom. The molecule has 0 aliphatic carbocycles. The van der Waals surface area contributed by atoms with Crippen molar-refractivity contribution >= 4 is 29.1 Å². The van der Waals surface area contributed by atoms with Gasteiger partial charge >= 0.3 is 11.7 Å². The molecule has 92 valence electrons. The zero-order valence-electron chi connectivity index (χ0n) is 8.27. The Labute approximate surface area is 101 Å². The van der Waals surface area contributed by atoms with Gasteiger partial charge in [0.15, 0.2) is 11.5 Å². The van der Waals surface area contributed by atoms with E-state index in [1.54, 1.807) is 0 Å². The average molecular weight is 272 g/mol. The van der Waals surface area contributed by atoms with Crippen molar-refractivity contribution in [3.8, 4) is 11.5 Å². The third kappa shape index (κ3) is 1.24. The lowest BCUT2D eigenvalue weighted by molar-refractivity contribution is -0.389. The molecule has 0 radical (unpaired) electrons. The van der Waals surface area contributed by atoms with Gasteiger partial charge in [-0.3, -0.25) is 4.52 Å². The quantitative estimate of drug-likeness (QED) is 0.519. The van der Waals surface area contributed by atoms with Crippen LogP contribution in [0.3, 0.4) is 0 Å². The summed E-state index contributed by atoms with van der Waals surface area (Å²) in [6.07, 6.45) is 0. The molecule has 0 aromatic carbocycles. The van der Waals surface area contributed by atoms with Gasteiger partial charge in [-0.2, -0.15) is 4.40 Å². The molecule has 0 bridgehead atoms. The SMILES string of the molecule is Nc1nonc1-c1noc2nc([N+](=O)[O-])c(Cl)n12. The van der Waals surface area contributed by atoms with Gasteiger partial charge in [0.2, 0.25) is 11.0 Å². The number of halogens is 1. The summed E-state index contributed by atoms with van der Waals surface area (Å²) in [5.41, 5.74) is 5.52. The van der Waals surface area contributed by atoms with Gasteiger partial charge in [0, 0.05) is 4.98 Å². The molecule has 11 nitrogen and oxygen atoms in total. The van der Waals surface area contributed by atoms with E-state index in [-0.39, 0.29) is 28.3 Å². The lowest BCUT2D eigenvalue weighted by atomic mass is 10.4. The van der Waals surface area contributed by atoms with Crippen LogP contribution in [0, 0.1) is 10.1 Å². The molecule has 3 aromatic rings. The van der Waals surface area contributed by atoms with Crippen LogP contribution in [-0.4, -0.2) is 29.8 Å². The molecule has 0 aliphatic rings. The largest absolute Gasteiger partial charge is 0.448 e. The van der Waals surface area contributed by atoms with Crippen molar-refractivity contribution in [3.05, 3.63) is 15.3 Å². The molecular weight excluding hydrogens is 270 g/mol. The molecule has 0 fully saturated rings. The number of nitrogens with two attached hydrogens (primary N) is 1. The fourth-order valence-electron chi connectivity index (χ4n) is 1.36. The van der Waals surface area contributed by atoms with Crippen molar-refractivity contribution in [1.29, 1.82) is 0 Å².